The Morgan fingerprint density at radius 3 is 1.46 bits per heavy atom. The summed E-state index contributed by atoms with van der Waals surface area (Å²) >= 11 is 0. The molecule has 0 aliphatic heterocycles. The Morgan fingerprint density at radius 1 is 0.479 bits per heavy atom. The molecule has 0 aliphatic carbocycles. The number of hydrogen-bond donors (Lipinski definition) is 1. The normalized spacial score (nSPS) is 10.9. The Labute approximate surface area is 281 Å². The largest absolute Gasteiger partial charge is 0.507 e. The van der Waals surface area contributed by atoms with Crippen molar-refractivity contribution < 1.29 is 19.3 Å². The first-order valence-electron chi connectivity index (χ1n) is 16.5. The molecule has 0 radical (unpaired) electrons. The van der Waals surface area contributed by atoms with Gasteiger partial charge in [0.2, 0.25) is 0 Å². The molecule has 242 valence electrons. The Hall–Kier alpha value is -5.69. The van der Waals surface area contributed by atoms with Gasteiger partial charge in [-0.25, -0.2) is 15.0 Å². The number of unbranched alkanes of at least 4 members (excludes halogenated alkanes) is 5. The van der Waals surface area contributed by atoms with Crippen molar-refractivity contribution in [2.24, 2.45) is 0 Å². The van der Waals surface area contributed by atoms with E-state index in [1.165, 1.54) is 25.7 Å². The summed E-state index contributed by atoms with van der Waals surface area (Å²) in [7, 11) is 0. The third kappa shape index (κ3) is 8.76. The molecule has 1 aromatic heterocycles. The van der Waals surface area contributed by atoms with Crippen molar-refractivity contribution in [1.82, 2.24) is 15.0 Å². The zero-order valence-electron chi connectivity index (χ0n) is 27.1. The van der Waals surface area contributed by atoms with Gasteiger partial charge in [0.1, 0.15) is 34.5 Å². The van der Waals surface area contributed by atoms with Crippen LogP contribution in [0.15, 0.2) is 127 Å². The predicted molar refractivity (Wildman–Crippen MR) is 190 cm³/mol. The van der Waals surface area contributed by atoms with Crippen LogP contribution in [0.4, 0.5) is 0 Å². The summed E-state index contributed by atoms with van der Waals surface area (Å²) in [6.45, 7) is 2.83. The highest BCUT2D eigenvalue weighted by Gasteiger charge is 2.16. The second-order valence-electron chi connectivity index (χ2n) is 11.5. The summed E-state index contributed by atoms with van der Waals surface area (Å²) in [5.41, 5.74) is 2.05. The van der Waals surface area contributed by atoms with Crippen LogP contribution in [0.1, 0.15) is 45.4 Å². The Balaban J connectivity index is 1.26. The number of nitrogens with zero attached hydrogens (tertiary/aromatic N) is 3. The van der Waals surface area contributed by atoms with Crippen LogP contribution in [0.2, 0.25) is 0 Å². The molecule has 6 aromatic rings. The van der Waals surface area contributed by atoms with Crippen LogP contribution in [0, 0.1) is 0 Å². The van der Waals surface area contributed by atoms with Crippen LogP contribution in [-0.2, 0) is 0 Å². The third-order valence-corrected chi connectivity index (χ3v) is 7.79. The van der Waals surface area contributed by atoms with Gasteiger partial charge < -0.3 is 19.3 Å². The van der Waals surface area contributed by atoms with Crippen LogP contribution >= 0.6 is 0 Å². The first-order chi connectivity index (χ1) is 23.6. The fraction of sp³-hybridized carbons (Fsp3) is 0.195. The van der Waals surface area contributed by atoms with Gasteiger partial charge in [0.05, 0.1) is 12.2 Å². The Bertz CT molecular complexity index is 1780. The molecule has 6 rings (SSSR count). The Morgan fingerprint density at radius 2 is 0.938 bits per heavy atom. The lowest BCUT2D eigenvalue weighted by atomic mass is 10.1. The fourth-order valence-electron chi connectivity index (χ4n) is 5.21. The summed E-state index contributed by atoms with van der Waals surface area (Å²) in [4.78, 5) is 14.4. The van der Waals surface area contributed by atoms with Crippen LogP contribution in [0.3, 0.4) is 0 Å². The lowest BCUT2D eigenvalue weighted by molar-refractivity contribution is 0.303. The molecule has 0 atom stereocenters. The molecule has 0 unspecified atom stereocenters. The van der Waals surface area contributed by atoms with Crippen LogP contribution in [0.5, 0.6) is 34.5 Å². The topological polar surface area (TPSA) is 86.6 Å². The maximum absolute atomic E-state index is 11.1. The second-order valence-corrected chi connectivity index (χ2v) is 11.5. The SMILES string of the molecule is CCCCCCCCOc1ccc(-c2nc(-c3ccc(Oc4ccccc4)cc3)nc(-c3ccc(Oc4ccccc4)cc3)n2)c(O)c1. The highest BCUT2D eigenvalue weighted by Crippen LogP contribution is 2.34. The minimum Gasteiger partial charge on any atom is -0.507 e. The summed E-state index contributed by atoms with van der Waals surface area (Å²) in [5.74, 6) is 4.84. The second kappa shape index (κ2) is 16.2. The average molecular weight is 638 g/mol. The van der Waals surface area contributed by atoms with Gasteiger partial charge >= 0.3 is 0 Å². The van der Waals surface area contributed by atoms with Crippen LogP contribution < -0.4 is 14.2 Å². The summed E-state index contributed by atoms with van der Waals surface area (Å²) in [5, 5.41) is 11.1. The standard InChI is InChI=1S/C41H39N3O4/c1-2-3-4-5-6-13-28-46-36-26-27-37(38(45)29-36)41-43-39(30-18-22-34(23-19-30)47-32-14-9-7-10-15-32)42-40(44-41)31-20-24-35(25-21-31)48-33-16-11-8-12-17-33/h7-12,14-27,29,45H,2-6,13,28H2,1H3. The molecule has 7 heteroatoms. The van der Waals surface area contributed by atoms with Crippen LogP contribution in [-0.4, -0.2) is 26.7 Å². The summed E-state index contributed by atoms with van der Waals surface area (Å²) < 4.78 is 17.9. The number of rotatable bonds is 15. The number of ether oxygens (including phenoxy) is 3. The lowest BCUT2D eigenvalue weighted by Gasteiger charge is -2.12. The molecule has 0 amide bonds. The highest BCUT2D eigenvalue weighted by atomic mass is 16.5. The van der Waals surface area contributed by atoms with E-state index in [-0.39, 0.29) is 5.75 Å². The number of phenols is 1. The predicted octanol–water partition coefficient (Wildman–Crippen LogP) is 10.9. The molecule has 1 heterocycles. The quantitative estimate of drug-likeness (QED) is 0.112. The lowest BCUT2D eigenvalue weighted by Crippen LogP contribution is -2.01. The monoisotopic (exact) mass is 637 g/mol. The molecule has 5 aromatic carbocycles. The molecule has 48 heavy (non-hydrogen) atoms. The van der Waals surface area contributed by atoms with E-state index in [1.54, 1.807) is 12.1 Å². The maximum atomic E-state index is 11.1. The van der Waals surface area contributed by atoms with E-state index in [0.29, 0.717) is 46.9 Å². The van der Waals surface area contributed by atoms with Gasteiger partial charge in [0, 0.05) is 17.2 Å². The van der Waals surface area contributed by atoms with E-state index in [9.17, 15) is 5.11 Å². The summed E-state index contributed by atoms with van der Waals surface area (Å²) in [6, 6.07) is 39.7. The molecule has 0 bridgehead atoms. The zero-order valence-corrected chi connectivity index (χ0v) is 27.1. The molecule has 7 nitrogen and oxygen atoms in total. The van der Waals surface area contributed by atoms with Crippen molar-refractivity contribution >= 4 is 0 Å². The number of para-hydroxylation sites is 2. The van der Waals surface area contributed by atoms with Crippen molar-refractivity contribution in [2.75, 3.05) is 6.61 Å². The minimum absolute atomic E-state index is 0.0387. The van der Waals surface area contributed by atoms with Gasteiger partial charge in [0.25, 0.3) is 0 Å². The molecular weight excluding hydrogens is 598 g/mol. The maximum Gasteiger partial charge on any atom is 0.167 e. The van der Waals surface area contributed by atoms with Gasteiger partial charge in [-0.1, -0.05) is 75.4 Å². The van der Waals surface area contributed by atoms with Gasteiger partial charge in [0.15, 0.2) is 17.5 Å². The molecule has 0 saturated carbocycles. The number of benzene rings is 5. The van der Waals surface area contributed by atoms with Gasteiger partial charge in [-0.05, 0) is 91.3 Å². The van der Waals surface area contributed by atoms with E-state index in [4.69, 9.17) is 29.2 Å². The van der Waals surface area contributed by atoms with Crippen molar-refractivity contribution in [3.63, 3.8) is 0 Å². The Kier molecular flexibility index (Phi) is 10.9. The van der Waals surface area contributed by atoms with Gasteiger partial charge in [-0.3, -0.25) is 0 Å². The molecule has 0 fully saturated rings. The van der Waals surface area contributed by atoms with E-state index in [0.717, 1.165) is 35.5 Å². The average Bonchev–Trinajstić information content (AvgIpc) is 3.13. The van der Waals surface area contributed by atoms with E-state index in [2.05, 4.69) is 6.92 Å². The molecule has 0 aliphatic rings. The molecule has 0 spiro atoms. The van der Waals surface area contributed by atoms with E-state index < -0.39 is 0 Å². The zero-order chi connectivity index (χ0) is 33.0. The molecule has 1 N–H and O–H groups in total. The highest BCUT2D eigenvalue weighted by molar-refractivity contribution is 5.70. The fourth-order valence-corrected chi connectivity index (χ4v) is 5.21. The number of phenolic OH excluding ortho intramolecular Hbond substituents is 1. The molecule has 0 saturated heterocycles. The van der Waals surface area contributed by atoms with Gasteiger partial charge in [-0.15, -0.1) is 0 Å². The van der Waals surface area contributed by atoms with Crippen molar-refractivity contribution in [3.8, 4) is 68.7 Å². The third-order valence-electron chi connectivity index (χ3n) is 7.79. The number of hydrogen-bond acceptors (Lipinski definition) is 7. The van der Waals surface area contributed by atoms with Crippen LogP contribution in [0.25, 0.3) is 34.2 Å². The first kappa shape index (κ1) is 32.3. The van der Waals surface area contributed by atoms with Crippen molar-refractivity contribution in [1.29, 1.82) is 0 Å². The van der Waals surface area contributed by atoms with Crippen molar-refractivity contribution in [3.05, 3.63) is 127 Å². The van der Waals surface area contributed by atoms with Crippen molar-refractivity contribution in [2.45, 2.75) is 45.4 Å². The van der Waals surface area contributed by atoms with E-state index in [1.807, 2.05) is 115 Å². The smallest absolute Gasteiger partial charge is 0.167 e. The number of aromatic hydroxyl groups is 1. The number of aromatic nitrogens is 3. The molecular formula is C41H39N3O4. The summed E-state index contributed by atoms with van der Waals surface area (Å²) in [6.07, 6.45) is 7.11. The first-order valence-corrected chi connectivity index (χ1v) is 16.5. The van der Waals surface area contributed by atoms with E-state index >= 15 is 0 Å². The van der Waals surface area contributed by atoms with Gasteiger partial charge in [-0.2, -0.15) is 0 Å². The minimum atomic E-state index is 0.0387.